The molecule has 134 valence electrons. The first kappa shape index (κ1) is 18.8. The maximum atomic E-state index is 12.1. The van der Waals surface area contributed by atoms with Crippen LogP contribution in [-0.2, 0) is 11.4 Å². The Morgan fingerprint density at radius 1 is 1.23 bits per heavy atom. The molecule has 0 unspecified atom stereocenters. The van der Waals surface area contributed by atoms with Gasteiger partial charge in [-0.1, -0.05) is 59.8 Å². The molecule has 1 amide bonds. The number of likely N-dealkylation sites (N-methyl/N-ethyl adjacent to an activating group) is 1. The monoisotopic (exact) mass is 405 g/mol. The van der Waals surface area contributed by atoms with Gasteiger partial charge >= 0.3 is 0 Å². The summed E-state index contributed by atoms with van der Waals surface area (Å²) in [7, 11) is 3.25. The zero-order chi connectivity index (χ0) is 18.7. The van der Waals surface area contributed by atoms with Gasteiger partial charge in [-0.15, -0.1) is 0 Å². The summed E-state index contributed by atoms with van der Waals surface area (Å²) in [5, 5.41) is 0.657. The third kappa shape index (κ3) is 4.03. The number of carbonyl (C=O) groups is 1. The normalized spacial score (nSPS) is 15.7. The molecule has 0 aromatic heterocycles. The number of hydrogen-bond donors (Lipinski definition) is 0. The molecule has 3 rings (SSSR count). The van der Waals surface area contributed by atoms with Crippen LogP contribution in [-0.4, -0.2) is 29.3 Å². The van der Waals surface area contributed by atoms with E-state index in [2.05, 4.69) is 0 Å². The van der Waals surface area contributed by atoms with Gasteiger partial charge in [-0.05, 0) is 29.8 Å². The lowest BCUT2D eigenvalue weighted by molar-refractivity contribution is -0.121. The first-order chi connectivity index (χ1) is 12.5. The van der Waals surface area contributed by atoms with E-state index in [1.165, 1.54) is 16.7 Å². The Morgan fingerprint density at radius 2 is 2.00 bits per heavy atom. The Hall–Kier alpha value is -2.02. The van der Waals surface area contributed by atoms with Crippen molar-refractivity contribution in [1.29, 1.82) is 0 Å². The van der Waals surface area contributed by atoms with Crippen LogP contribution >= 0.6 is 35.6 Å². The van der Waals surface area contributed by atoms with Crippen LogP contribution in [0, 0.1) is 0 Å². The number of ether oxygens (including phenoxy) is 2. The number of rotatable bonds is 5. The number of thioether (sulfide) groups is 1. The molecule has 1 saturated heterocycles. The molecule has 1 fully saturated rings. The average molecular weight is 406 g/mol. The van der Waals surface area contributed by atoms with Crippen LogP contribution in [0.4, 0.5) is 0 Å². The van der Waals surface area contributed by atoms with Crippen molar-refractivity contribution < 1.29 is 14.3 Å². The topological polar surface area (TPSA) is 38.8 Å². The minimum absolute atomic E-state index is 0.0991. The lowest BCUT2D eigenvalue weighted by Crippen LogP contribution is -2.22. The van der Waals surface area contributed by atoms with E-state index in [0.717, 1.165) is 11.1 Å². The molecule has 2 aromatic carbocycles. The molecule has 1 aliphatic heterocycles. The van der Waals surface area contributed by atoms with Gasteiger partial charge in [0.1, 0.15) is 10.9 Å². The smallest absolute Gasteiger partial charge is 0.265 e. The van der Waals surface area contributed by atoms with Crippen LogP contribution < -0.4 is 9.47 Å². The molecule has 0 radical (unpaired) electrons. The number of carbonyl (C=O) groups excluding carboxylic acids is 1. The van der Waals surface area contributed by atoms with Gasteiger partial charge in [0.15, 0.2) is 11.5 Å². The van der Waals surface area contributed by atoms with Crippen LogP contribution in [0.1, 0.15) is 11.1 Å². The minimum atomic E-state index is -0.0991. The Labute approximate surface area is 166 Å². The van der Waals surface area contributed by atoms with E-state index in [-0.39, 0.29) is 5.91 Å². The van der Waals surface area contributed by atoms with E-state index < -0.39 is 0 Å². The fourth-order valence-electron chi connectivity index (χ4n) is 2.36. The highest BCUT2D eigenvalue weighted by molar-refractivity contribution is 8.26. The molecular weight excluding hydrogens is 390 g/mol. The number of methoxy groups -OCH3 is 1. The highest BCUT2D eigenvalue weighted by atomic mass is 35.5. The standard InChI is InChI=1S/C19H16ClNO3S2/c1-21-18(22)17(26-19(21)25)10-12-7-8-15(16(9-12)23-2)24-11-13-5-3-4-6-14(13)20/h3-10H,11H2,1-2H3/b17-10+. The quantitative estimate of drug-likeness (QED) is 0.529. The van der Waals surface area contributed by atoms with Gasteiger partial charge < -0.3 is 9.47 Å². The summed E-state index contributed by atoms with van der Waals surface area (Å²) in [5.74, 6) is 1.09. The lowest BCUT2D eigenvalue weighted by Gasteiger charge is -2.12. The molecule has 4 nitrogen and oxygen atoms in total. The van der Waals surface area contributed by atoms with E-state index in [9.17, 15) is 4.79 Å². The first-order valence-corrected chi connectivity index (χ1v) is 9.35. The fraction of sp³-hybridized carbons (Fsp3) is 0.158. The number of nitrogens with zero attached hydrogens (tertiary/aromatic N) is 1. The molecule has 0 spiro atoms. The first-order valence-electron chi connectivity index (χ1n) is 7.75. The minimum Gasteiger partial charge on any atom is -0.493 e. The van der Waals surface area contributed by atoms with Gasteiger partial charge in [-0.2, -0.15) is 0 Å². The molecule has 0 bridgehead atoms. The van der Waals surface area contributed by atoms with Crippen molar-refractivity contribution in [1.82, 2.24) is 4.90 Å². The molecule has 0 aliphatic carbocycles. The van der Waals surface area contributed by atoms with Gasteiger partial charge in [0.05, 0.1) is 12.0 Å². The molecule has 26 heavy (non-hydrogen) atoms. The summed E-state index contributed by atoms with van der Waals surface area (Å²) in [6.07, 6.45) is 1.79. The lowest BCUT2D eigenvalue weighted by atomic mass is 10.2. The van der Waals surface area contributed by atoms with E-state index in [0.29, 0.717) is 32.4 Å². The van der Waals surface area contributed by atoms with Crippen LogP contribution in [0.15, 0.2) is 47.4 Å². The average Bonchev–Trinajstić information content (AvgIpc) is 2.88. The second-order valence-corrected chi connectivity index (χ2v) is 7.61. The van der Waals surface area contributed by atoms with Crippen molar-refractivity contribution in [2.24, 2.45) is 0 Å². The summed E-state index contributed by atoms with van der Waals surface area (Å²) in [4.78, 5) is 14.2. The summed E-state index contributed by atoms with van der Waals surface area (Å²) >= 11 is 12.6. The third-order valence-electron chi connectivity index (χ3n) is 3.81. The molecular formula is C19H16ClNO3S2. The summed E-state index contributed by atoms with van der Waals surface area (Å²) in [5.41, 5.74) is 1.73. The molecule has 1 heterocycles. The highest BCUT2D eigenvalue weighted by Crippen LogP contribution is 2.34. The largest absolute Gasteiger partial charge is 0.493 e. The molecule has 0 atom stereocenters. The zero-order valence-corrected chi connectivity index (χ0v) is 16.6. The number of halogens is 1. The van der Waals surface area contributed by atoms with Crippen molar-refractivity contribution in [2.45, 2.75) is 6.61 Å². The molecule has 2 aromatic rings. The van der Waals surface area contributed by atoms with Crippen molar-refractivity contribution in [3.05, 3.63) is 63.5 Å². The third-order valence-corrected chi connectivity index (χ3v) is 5.67. The second kappa shape index (κ2) is 8.12. The van der Waals surface area contributed by atoms with E-state index >= 15 is 0 Å². The van der Waals surface area contributed by atoms with Gasteiger partial charge in [0, 0.05) is 17.6 Å². The Morgan fingerprint density at radius 3 is 2.65 bits per heavy atom. The van der Waals surface area contributed by atoms with Crippen molar-refractivity contribution in [3.8, 4) is 11.5 Å². The summed E-state index contributed by atoms with van der Waals surface area (Å²) < 4.78 is 11.8. The van der Waals surface area contributed by atoms with Crippen molar-refractivity contribution in [3.63, 3.8) is 0 Å². The van der Waals surface area contributed by atoms with Gasteiger partial charge in [0.2, 0.25) is 0 Å². The number of benzene rings is 2. The predicted molar refractivity (Wildman–Crippen MR) is 110 cm³/mol. The van der Waals surface area contributed by atoms with E-state index in [4.69, 9.17) is 33.3 Å². The summed E-state index contributed by atoms with van der Waals surface area (Å²) in [6, 6.07) is 13.0. The molecule has 0 saturated carbocycles. The Bertz CT molecular complexity index is 898. The van der Waals surface area contributed by atoms with E-state index in [1.54, 1.807) is 20.2 Å². The SMILES string of the molecule is COc1cc(/C=C2/SC(=S)N(C)C2=O)ccc1OCc1ccccc1Cl. The van der Waals surface area contributed by atoms with Crippen LogP contribution in [0.2, 0.25) is 5.02 Å². The maximum Gasteiger partial charge on any atom is 0.265 e. The number of hydrogen-bond acceptors (Lipinski definition) is 5. The van der Waals surface area contributed by atoms with Gasteiger partial charge in [-0.3, -0.25) is 9.69 Å². The van der Waals surface area contributed by atoms with Crippen molar-refractivity contribution >= 4 is 51.9 Å². The Kier molecular flexibility index (Phi) is 5.86. The van der Waals surface area contributed by atoms with Crippen LogP contribution in [0.5, 0.6) is 11.5 Å². The number of thiocarbonyl (C=S) groups is 1. The fourth-order valence-corrected chi connectivity index (χ4v) is 3.73. The molecule has 7 heteroatoms. The molecule has 0 N–H and O–H groups in total. The van der Waals surface area contributed by atoms with Gasteiger partial charge in [-0.25, -0.2) is 0 Å². The highest BCUT2D eigenvalue weighted by Gasteiger charge is 2.28. The predicted octanol–water partition coefficient (Wildman–Crippen LogP) is 4.76. The van der Waals surface area contributed by atoms with Gasteiger partial charge in [0.25, 0.3) is 5.91 Å². The molecule has 1 aliphatic rings. The van der Waals surface area contributed by atoms with Crippen LogP contribution in [0.3, 0.4) is 0 Å². The van der Waals surface area contributed by atoms with Crippen molar-refractivity contribution in [2.75, 3.05) is 14.2 Å². The summed E-state index contributed by atoms with van der Waals surface area (Å²) in [6.45, 7) is 0.337. The second-order valence-electron chi connectivity index (χ2n) is 5.53. The maximum absolute atomic E-state index is 12.1. The Balaban J connectivity index is 1.79. The van der Waals surface area contributed by atoms with Crippen LogP contribution in [0.25, 0.3) is 6.08 Å². The van der Waals surface area contributed by atoms with E-state index in [1.807, 2.05) is 42.5 Å². The number of amides is 1. The zero-order valence-electron chi connectivity index (χ0n) is 14.2.